The second kappa shape index (κ2) is 5.61. The monoisotopic (exact) mass is 310 g/mol. The van der Waals surface area contributed by atoms with E-state index >= 15 is 0 Å². The molecule has 0 aliphatic heterocycles. The van der Waals surface area contributed by atoms with Crippen LogP contribution in [0.5, 0.6) is 0 Å². The standard InChI is InChI=1S/C15H13BrF2/c1-10-7-13(18)5-6-14(10)15(16)9-11-3-2-4-12(17)8-11/h2-8,15H,9H2,1H3. The lowest BCUT2D eigenvalue weighted by Gasteiger charge is -2.13. The summed E-state index contributed by atoms with van der Waals surface area (Å²) in [5.74, 6) is -0.468. The van der Waals surface area contributed by atoms with Crippen LogP contribution in [0.25, 0.3) is 0 Å². The molecule has 0 aromatic heterocycles. The summed E-state index contributed by atoms with van der Waals surface area (Å²) >= 11 is 3.58. The largest absolute Gasteiger partial charge is 0.207 e. The Morgan fingerprint density at radius 3 is 2.44 bits per heavy atom. The van der Waals surface area contributed by atoms with Crippen molar-refractivity contribution in [1.29, 1.82) is 0 Å². The summed E-state index contributed by atoms with van der Waals surface area (Å²) < 4.78 is 26.1. The maximum Gasteiger partial charge on any atom is 0.123 e. The predicted octanol–water partition coefficient (Wildman–Crippen LogP) is 4.95. The fourth-order valence-electron chi connectivity index (χ4n) is 1.97. The summed E-state index contributed by atoms with van der Waals surface area (Å²) in [6, 6.07) is 11.3. The molecular weight excluding hydrogens is 298 g/mol. The molecule has 0 aliphatic carbocycles. The summed E-state index contributed by atoms with van der Waals surface area (Å²) in [7, 11) is 0. The molecule has 0 aliphatic rings. The van der Waals surface area contributed by atoms with Crippen molar-refractivity contribution in [3.63, 3.8) is 0 Å². The molecule has 2 aromatic carbocycles. The van der Waals surface area contributed by atoms with Gasteiger partial charge < -0.3 is 0 Å². The number of halogens is 3. The van der Waals surface area contributed by atoms with E-state index in [2.05, 4.69) is 15.9 Å². The van der Waals surface area contributed by atoms with Gasteiger partial charge >= 0.3 is 0 Å². The van der Waals surface area contributed by atoms with Crippen LogP contribution in [0.4, 0.5) is 8.78 Å². The van der Waals surface area contributed by atoms with E-state index in [0.29, 0.717) is 6.42 Å². The van der Waals surface area contributed by atoms with Crippen LogP contribution in [0.3, 0.4) is 0 Å². The van der Waals surface area contributed by atoms with Crippen LogP contribution in [-0.4, -0.2) is 0 Å². The molecule has 0 amide bonds. The molecule has 0 saturated heterocycles. The van der Waals surface area contributed by atoms with Gasteiger partial charge in [-0.15, -0.1) is 0 Å². The van der Waals surface area contributed by atoms with Crippen molar-refractivity contribution in [2.45, 2.75) is 18.2 Å². The van der Waals surface area contributed by atoms with E-state index in [4.69, 9.17) is 0 Å². The van der Waals surface area contributed by atoms with Gasteiger partial charge in [-0.2, -0.15) is 0 Å². The zero-order chi connectivity index (χ0) is 13.1. The van der Waals surface area contributed by atoms with Crippen molar-refractivity contribution in [3.8, 4) is 0 Å². The van der Waals surface area contributed by atoms with Crippen LogP contribution in [-0.2, 0) is 6.42 Å². The number of alkyl halides is 1. The molecule has 0 saturated carbocycles. The Balaban J connectivity index is 2.19. The number of rotatable bonds is 3. The van der Waals surface area contributed by atoms with Crippen molar-refractivity contribution in [2.24, 2.45) is 0 Å². The molecule has 0 bridgehead atoms. The van der Waals surface area contributed by atoms with E-state index in [9.17, 15) is 8.78 Å². The molecule has 94 valence electrons. The third kappa shape index (κ3) is 3.16. The molecule has 0 N–H and O–H groups in total. The number of benzene rings is 2. The van der Waals surface area contributed by atoms with E-state index in [-0.39, 0.29) is 16.5 Å². The molecule has 0 radical (unpaired) electrons. The van der Waals surface area contributed by atoms with Gasteiger partial charge in [0.25, 0.3) is 0 Å². The minimum Gasteiger partial charge on any atom is -0.207 e. The minimum absolute atomic E-state index is 0.0555. The highest BCUT2D eigenvalue weighted by Crippen LogP contribution is 2.29. The first-order valence-corrected chi connectivity index (χ1v) is 6.62. The van der Waals surface area contributed by atoms with Crippen LogP contribution in [0, 0.1) is 18.6 Å². The zero-order valence-corrected chi connectivity index (χ0v) is 11.5. The first-order chi connectivity index (χ1) is 8.56. The lowest BCUT2D eigenvalue weighted by atomic mass is 10.0. The van der Waals surface area contributed by atoms with Crippen molar-refractivity contribution >= 4 is 15.9 Å². The highest BCUT2D eigenvalue weighted by atomic mass is 79.9. The Morgan fingerprint density at radius 2 is 1.78 bits per heavy atom. The normalized spacial score (nSPS) is 12.4. The van der Waals surface area contributed by atoms with Gasteiger partial charge in [0.1, 0.15) is 11.6 Å². The number of aryl methyl sites for hydroxylation is 1. The molecule has 3 heteroatoms. The van der Waals surface area contributed by atoms with E-state index in [0.717, 1.165) is 16.7 Å². The van der Waals surface area contributed by atoms with Crippen LogP contribution >= 0.6 is 15.9 Å². The highest BCUT2D eigenvalue weighted by Gasteiger charge is 2.12. The maximum atomic E-state index is 13.1. The van der Waals surface area contributed by atoms with Gasteiger partial charge in [-0.1, -0.05) is 34.1 Å². The van der Waals surface area contributed by atoms with E-state index in [1.165, 1.54) is 24.3 Å². The molecule has 0 fully saturated rings. The first-order valence-electron chi connectivity index (χ1n) is 5.71. The van der Waals surface area contributed by atoms with Crippen molar-refractivity contribution < 1.29 is 8.78 Å². The van der Waals surface area contributed by atoms with Crippen LogP contribution in [0.2, 0.25) is 0 Å². The smallest absolute Gasteiger partial charge is 0.123 e. The lowest BCUT2D eigenvalue weighted by molar-refractivity contribution is 0.624. The van der Waals surface area contributed by atoms with Crippen LogP contribution in [0.15, 0.2) is 42.5 Å². The SMILES string of the molecule is Cc1cc(F)ccc1C(Br)Cc1cccc(F)c1. The van der Waals surface area contributed by atoms with E-state index in [1.54, 1.807) is 12.1 Å². The Bertz CT molecular complexity index is 552. The maximum absolute atomic E-state index is 13.1. The van der Waals surface area contributed by atoms with Gasteiger partial charge in [-0.3, -0.25) is 0 Å². The average molecular weight is 311 g/mol. The summed E-state index contributed by atoms with van der Waals surface area (Å²) in [5.41, 5.74) is 2.84. The molecule has 1 unspecified atom stereocenters. The summed E-state index contributed by atoms with van der Waals surface area (Å²) in [4.78, 5) is 0.0555. The minimum atomic E-state index is -0.235. The van der Waals surface area contributed by atoms with Gasteiger partial charge in [0.05, 0.1) is 0 Å². The van der Waals surface area contributed by atoms with Crippen molar-refractivity contribution in [1.82, 2.24) is 0 Å². The van der Waals surface area contributed by atoms with Crippen molar-refractivity contribution in [2.75, 3.05) is 0 Å². The molecule has 0 spiro atoms. The van der Waals surface area contributed by atoms with Gasteiger partial charge in [0, 0.05) is 4.83 Å². The van der Waals surface area contributed by atoms with Gasteiger partial charge in [0.15, 0.2) is 0 Å². The second-order valence-corrected chi connectivity index (χ2v) is 5.41. The quantitative estimate of drug-likeness (QED) is 0.703. The fraction of sp³-hybridized carbons (Fsp3) is 0.200. The Morgan fingerprint density at radius 1 is 1.06 bits per heavy atom. The van der Waals surface area contributed by atoms with E-state index in [1.807, 2.05) is 13.0 Å². The summed E-state index contributed by atoms with van der Waals surface area (Å²) in [6.45, 7) is 1.87. The number of hydrogen-bond acceptors (Lipinski definition) is 0. The molecule has 0 heterocycles. The molecule has 2 rings (SSSR count). The lowest BCUT2D eigenvalue weighted by Crippen LogP contribution is -1.99. The average Bonchev–Trinajstić information content (AvgIpc) is 2.28. The Labute approximate surface area is 114 Å². The van der Waals surface area contributed by atoms with E-state index < -0.39 is 0 Å². The van der Waals surface area contributed by atoms with Gasteiger partial charge in [-0.05, 0) is 54.3 Å². The second-order valence-electron chi connectivity index (χ2n) is 4.30. The van der Waals surface area contributed by atoms with Crippen LogP contribution in [0.1, 0.15) is 21.5 Å². The topological polar surface area (TPSA) is 0 Å². The van der Waals surface area contributed by atoms with Crippen LogP contribution < -0.4 is 0 Å². The summed E-state index contributed by atoms with van der Waals surface area (Å²) in [5, 5.41) is 0. The van der Waals surface area contributed by atoms with Gasteiger partial charge in [-0.25, -0.2) is 8.78 Å². The molecule has 2 aromatic rings. The molecule has 1 atom stereocenters. The fourth-order valence-corrected chi connectivity index (χ4v) is 2.86. The zero-order valence-electron chi connectivity index (χ0n) is 9.96. The van der Waals surface area contributed by atoms with Gasteiger partial charge in [0.2, 0.25) is 0 Å². The third-order valence-electron chi connectivity index (χ3n) is 2.87. The first kappa shape index (κ1) is 13.2. The molecule has 18 heavy (non-hydrogen) atoms. The number of hydrogen-bond donors (Lipinski definition) is 0. The third-order valence-corrected chi connectivity index (χ3v) is 3.69. The summed E-state index contributed by atoms with van der Waals surface area (Å²) in [6.07, 6.45) is 0.671. The molecule has 0 nitrogen and oxygen atoms in total. The molecular formula is C15H13BrF2. The highest BCUT2D eigenvalue weighted by molar-refractivity contribution is 9.09. The van der Waals surface area contributed by atoms with Crippen molar-refractivity contribution in [3.05, 3.63) is 70.8 Å². The predicted molar refractivity (Wildman–Crippen MR) is 72.9 cm³/mol. The Kier molecular flexibility index (Phi) is 4.12. The Hall–Kier alpha value is -1.22.